The van der Waals surface area contributed by atoms with Gasteiger partial charge in [0, 0.05) is 63.2 Å². The number of unbranched alkanes of at least 4 members (excludes halogenated alkanes) is 2. The van der Waals surface area contributed by atoms with Gasteiger partial charge in [0.05, 0.1) is 64.4 Å². The molecule has 3 N–H and O–H groups in total. The topological polar surface area (TPSA) is 199 Å². The zero-order valence-corrected chi connectivity index (χ0v) is 33.2. The van der Waals surface area contributed by atoms with Crippen LogP contribution in [0.5, 0.6) is 0 Å². The predicted octanol–water partition coefficient (Wildman–Crippen LogP) is 2.58. The van der Waals surface area contributed by atoms with Crippen LogP contribution in [-0.2, 0) is 47.7 Å². The molecule has 2 aliphatic rings. The Labute approximate surface area is 324 Å². The third-order valence-corrected chi connectivity index (χ3v) is 10.4. The zero-order valence-electron chi connectivity index (χ0n) is 32.4. The Hall–Kier alpha value is -3.15. The van der Waals surface area contributed by atoms with Crippen molar-refractivity contribution in [3.8, 4) is 0 Å². The molecule has 0 spiro atoms. The lowest BCUT2D eigenvalue weighted by Crippen LogP contribution is -2.36. The molecule has 0 radical (unpaired) electrons. The van der Waals surface area contributed by atoms with Gasteiger partial charge in [0.1, 0.15) is 0 Å². The maximum atomic E-state index is 12.3. The molecular weight excluding hydrogens is 724 g/mol. The summed E-state index contributed by atoms with van der Waals surface area (Å²) in [6.45, 7) is 5.73. The molecule has 2 amide bonds. The fourth-order valence-electron chi connectivity index (χ4n) is 5.85. The van der Waals surface area contributed by atoms with E-state index in [9.17, 15) is 33.9 Å². The summed E-state index contributed by atoms with van der Waals surface area (Å²) in [6.07, 6.45) is 7.12. The van der Waals surface area contributed by atoms with Gasteiger partial charge in [-0.1, -0.05) is 6.92 Å². The smallest absolute Gasteiger partial charge is 0.315 e. The van der Waals surface area contributed by atoms with Crippen LogP contribution in [0.15, 0.2) is 0 Å². The van der Waals surface area contributed by atoms with E-state index in [1.165, 1.54) is 0 Å². The Balaban J connectivity index is 1.41. The van der Waals surface area contributed by atoms with E-state index in [4.69, 9.17) is 23.7 Å². The van der Waals surface area contributed by atoms with Crippen molar-refractivity contribution < 1.29 is 57.6 Å². The third-order valence-electron chi connectivity index (χ3n) is 8.93. The summed E-state index contributed by atoms with van der Waals surface area (Å²) in [5, 5.41) is 15.4. The van der Waals surface area contributed by atoms with Gasteiger partial charge in [0.25, 0.3) is 0 Å². The number of urea groups is 1. The van der Waals surface area contributed by atoms with E-state index >= 15 is 0 Å². The molecule has 2 saturated heterocycles. The van der Waals surface area contributed by atoms with E-state index in [1.54, 1.807) is 0 Å². The van der Waals surface area contributed by atoms with E-state index < -0.39 is 0 Å². The molecule has 2 aliphatic heterocycles. The number of carbonyl (C=O) groups is 6. The van der Waals surface area contributed by atoms with Gasteiger partial charge in [0.15, 0.2) is 0 Å². The SMILES string of the molecule is CCCC(=O)OCCCCOC(=O)CCN(CCCO)CCC(=O)OCCCCOC(=O)CCN(C)CCCOC(=O)CCC[C@@H]1SCC2NC(=O)NC21. The fraction of sp³-hybridized carbons (Fsp3) is 0.838. The number of hydrogen-bond donors (Lipinski definition) is 3. The molecule has 310 valence electrons. The molecule has 0 aliphatic carbocycles. The summed E-state index contributed by atoms with van der Waals surface area (Å²) in [7, 11) is 1.90. The fourth-order valence-corrected chi connectivity index (χ4v) is 7.39. The van der Waals surface area contributed by atoms with Gasteiger partial charge < -0.3 is 49.2 Å². The molecule has 17 heteroatoms. The second-order valence-electron chi connectivity index (χ2n) is 13.6. The maximum absolute atomic E-state index is 12.3. The van der Waals surface area contributed by atoms with Crippen molar-refractivity contribution in [1.29, 1.82) is 0 Å². The minimum Gasteiger partial charge on any atom is -0.466 e. The highest BCUT2D eigenvalue weighted by atomic mass is 32.2. The minimum atomic E-state index is -0.364. The predicted molar refractivity (Wildman–Crippen MR) is 202 cm³/mol. The maximum Gasteiger partial charge on any atom is 0.315 e. The highest BCUT2D eigenvalue weighted by Crippen LogP contribution is 2.33. The van der Waals surface area contributed by atoms with Gasteiger partial charge in [-0.2, -0.15) is 11.8 Å². The number of fused-ring (bicyclic) bond motifs is 1. The average molecular weight is 789 g/mol. The summed E-state index contributed by atoms with van der Waals surface area (Å²) >= 11 is 1.83. The number of amides is 2. The van der Waals surface area contributed by atoms with Crippen LogP contribution in [0.1, 0.15) is 96.8 Å². The average Bonchev–Trinajstić information content (AvgIpc) is 3.70. The Morgan fingerprint density at radius 2 is 1.15 bits per heavy atom. The summed E-state index contributed by atoms with van der Waals surface area (Å²) < 4.78 is 26.3. The number of thioether (sulfide) groups is 1. The van der Waals surface area contributed by atoms with Crippen LogP contribution in [0, 0.1) is 0 Å². The van der Waals surface area contributed by atoms with Crippen LogP contribution < -0.4 is 10.6 Å². The molecule has 0 saturated carbocycles. The third kappa shape index (κ3) is 22.3. The number of hydrogen-bond acceptors (Lipinski definition) is 15. The number of nitrogens with one attached hydrogen (secondary N) is 2. The lowest BCUT2D eigenvalue weighted by atomic mass is 10.0. The number of carbonyl (C=O) groups excluding carboxylic acids is 6. The van der Waals surface area contributed by atoms with E-state index in [0.29, 0.717) is 103 Å². The number of ether oxygens (including phenoxy) is 5. The molecule has 0 bridgehead atoms. The lowest BCUT2D eigenvalue weighted by Gasteiger charge is -2.21. The number of rotatable bonds is 32. The lowest BCUT2D eigenvalue weighted by molar-refractivity contribution is -0.147. The highest BCUT2D eigenvalue weighted by molar-refractivity contribution is 8.00. The first kappa shape index (κ1) is 47.0. The van der Waals surface area contributed by atoms with E-state index in [1.807, 2.05) is 35.5 Å². The first-order chi connectivity index (χ1) is 26.1. The van der Waals surface area contributed by atoms with Gasteiger partial charge >= 0.3 is 35.9 Å². The molecule has 0 aromatic carbocycles. The van der Waals surface area contributed by atoms with Crippen LogP contribution in [-0.4, -0.2) is 153 Å². The molecule has 2 rings (SSSR count). The van der Waals surface area contributed by atoms with Crippen molar-refractivity contribution in [1.82, 2.24) is 20.4 Å². The molecule has 0 aromatic rings. The van der Waals surface area contributed by atoms with E-state index in [0.717, 1.165) is 25.0 Å². The molecule has 54 heavy (non-hydrogen) atoms. The van der Waals surface area contributed by atoms with Crippen LogP contribution in [0.2, 0.25) is 0 Å². The van der Waals surface area contributed by atoms with Crippen LogP contribution >= 0.6 is 11.8 Å². The van der Waals surface area contributed by atoms with Gasteiger partial charge in [0.2, 0.25) is 0 Å². The Kier molecular flexibility index (Phi) is 25.4. The first-order valence-electron chi connectivity index (χ1n) is 19.6. The summed E-state index contributed by atoms with van der Waals surface area (Å²) in [6, 6.07) is 0.211. The first-order valence-corrected chi connectivity index (χ1v) is 20.6. The molecule has 16 nitrogen and oxygen atoms in total. The van der Waals surface area contributed by atoms with Gasteiger partial charge in [-0.25, -0.2) is 4.79 Å². The Morgan fingerprint density at radius 1 is 0.648 bits per heavy atom. The molecule has 3 atom stereocenters. The molecule has 2 heterocycles. The minimum absolute atomic E-state index is 0.000509. The highest BCUT2D eigenvalue weighted by Gasteiger charge is 2.42. The van der Waals surface area contributed by atoms with Crippen molar-refractivity contribution in [2.24, 2.45) is 0 Å². The van der Waals surface area contributed by atoms with Crippen LogP contribution in [0.3, 0.4) is 0 Å². The standard InChI is InChI=1S/C37H64N4O12S/c1-3-11-31(43)49-23-4-5-25-51-34(46)15-20-41(18-9-22-42)21-16-35(47)52-26-7-6-24-50-33(45)14-19-40(2)17-10-27-53-32(44)13-8-12-30-36-29(28-54-30)38-37(48)39-36/h29-30,36,42H,3-28H2,1-2H3,(H2,38,39,48)/t29?,30-,36?/m0/s1. The number of esters is 5. The Morgan fingerprint density at radius 3 is 1.69 bits per heavy atom. The summed E-state index contributed by atoms with van der Waals surface area (Å²) in [5.41, 5.74) is 0. The van der Waals surface area contributed by atoms with Crippen LogP contribution in [0.4, 0.5) is 4.79 Å². The monoisotopic (exact) mass is 788 g/mol. The molecule has 2 unspecified atom stereocenters. The molecule has 0 aromatic heterocycles. The van der Waals surface area contributed by atoms with Crippen molar-refractivity contribution >= 4 is 47.6 Å². The van der Waals surface area contributed by atoms with Crippen molar-refractivity contribution in [2.45, 2.75) is 114 Å². The van der Waals surface area contributed by atoms with Gasteiger partial charge in [-0.05, 0) is 64.8 Å². The molecule has 2 fully saturated rings. The summed E-state index contributed by atoms with van der Waals surface area (Å²) in [5.74, 6) is -0.556. The zero-order chi connectivity index (χ0) is 39.4. The normalized spacial score (nSPS) is 17.5. The second-order valence-corrected chi connectivity index (χ2v) is 14.9. The second kappa shape index (κ2) is 29.2. The molecular formula is C37H64N4O12S. The van der Waals surface area contributed by atoms with Crippen molar-refractivity contribution in [2.75, 3.05) is 85.2 Å². The van der Waals surface area contributed by atoms with Gasteiger partial charge in [-0.3, -0.25) is 24.0 Å². The number of aliphatic hydroxyl groups is 1. The quantitative estimate of drug-likeness (QED) is 0.0389. The largest absolute Gasteiger partial charge is 0.466 e. The van der Waals surface area contributed by atoms with Crippen molar-refractivity contribution in [3.05, 3.63) is 0 Å². The summed E-state index contributed by atoms with van der Waals surface area (Å²) in [4.78, 5) is 75.4. The van der Waals surface area contributed by atoms with Gasteiger partial charge in [-0.15, -0.1) is 0 Å². The van der Waals surface area contributed by atoms with E-state index in [-0.39, 0.29) is 93.7 Å². The van der Waals surface area contributed by atoms with Crippen molar-refractivity contribution in [3.63, 3.8) is 0 Å². The number of aliphatic hydroxyl groups excluding tert-OH is 1. The number of nitrogens with zero attached hydrogens (tertiary/aromatic N) is 2. The Bertz CT molecular complexity index is 1130. The van der Waals surface area contributed by atoms with Crippen LogP contribution in [0.25, 0.3) is 0 Å². The van der Waals surface area contributed by atoms with E-state index in [2.05, 4.69) is 10.6 Å².